The summed E-state index contributed by atoms with van der Waals surface area (Å²) in [5, 5.41) is 21.3. The van der Waals surface area contributed by atoms with Gasteiger partial charge in [-0.15, -0.1) is 10.2 Å². The number of para-hydroxylation sites is 1. The topological polar surface area (TPSA) is 105 Å². The predicted octanol–water partition coefficient (Wildman–Crippen LogP) is 3.89. The average molecular weight is 481 g/mol. The third-order valence-corrected chi connectivity index (χ3v) is 6.44. The first-order valence-corrected chi connectivity index (χ1v) is 11.9. The zero-order valence-electron chi connectivity index (χ0n) is 18.6. The Morgan fingerprint density at radius 2 is 1.69 bits per heavy atom. The fourth-order valence-corrected chi connectivity index (χ4v) is 4.60. The molecule has 0 atom stereocenters. The SMILES string of the molecule is N#CCc1ccc(NC(=O)CSc2nnc3n(Cc4ccccc4)c(=O)c4ccccc4n23)cc1. The Labute approximate surface area is 204 Å². The van der Waals surface area contributed by atoms with Gasteiger partial charge in [0.15, 0.2) is 5.16 Å². The van der Waals surface area contributed by atoms with Crippen LogP contribution in [0.15, 0.2) is 88.8 Å². The summed E-state index contributed by atoms with van der Waals surface area (Å²) in [5.41, 5.74) is 3.08. The summed E-state index contributed by atoms with van der Waals surface area (Å²) >= 11 is 1.25. The van der Waals surface area contributed by atoms with Gasteiger partial charge in [-0.3, -0.25) is 18.6 Å². The van der Waals surface area contributed by atoms with E-state index in [0.29, 0.717) is 40.5 Å². The monoisotopic (exact) mass is 480 g/mol. The van der Waals surface area contributed by atoms with E-state index in [-0.39, 0.29) is 17.2 Å². The smallest absolute Gasteiger partial charge is 0.263 e. The largest absolute Gasteiger partial charge is 0.325 e. The summed E-state index contributed by atoms with van der Waals surface area (Å²) in [6, 6.07) is 26.3. The van der Waals surface area contributed by atoms with Crippen LogP contribution in [0.3, 0.4) is 0 Å². The van der Waals surface area contributed by atoms with Crippen molar-refractivity contribution in [3.8, 4) is 6.07 Å². The van der Waals surface area contributed by atoms with Crippen LogP contribution in [0.5, 0.6) is 0 Å². The van der Waals surface area contributed by atoms with Crippen molar-refractivity contribution in [2.24, 2.45) is 0 Å². The van der Waals surface area contributed by atoms with Crippen LogP contribution < -0.4 is 10.9 Å². The molecule has 8 nitrogen and oxygen atoms in total. The molecule has 0 fully saturated rings. The van der Waals surface area contributed by atoms with E-state index in [1.807, 2.05) is 65.1 Å². The van der Waals surface area contributed by atoms with E-state index in [0.717, 1.165) is 11.1 Å². The summed E-state index contributed by atoms with van der Waals surface area (Å²) in [6.07, 6.45) is 0.327. The molecule has 172 valence electrons. The van der Waals surface area contributed by atoms with E-state index >= 15 is 0 Å². The molecule has 3 aromatic carbocycles. The number of anilines is 1. The Balaban J connectivity index is 1.43. The van der Waals surface area contributed by atoms with Crippen molar-refractivity contribution in [1.82, 2.24) is 19.2 Å². The van der Waals surface area contributed by atoms with Crippen molar-refractivity contribution in [2.45, 2.75) is 18.1 Å². The van der Waals surface area contributed by atoms with Gasteiger partial charge in [-0.2, -0.15) is 5.26 Å². The maximum Gasteiger partial charge on any atom is 0.263 e. The molecule has 0 saturated heterocycles. The van der Waals surface area contributed by atoms with E-state index in [2.05, 4.69) is 21.6 Å². The summed E-state index contributed by atoms with van der Waals surface area (Å²) in [7, 11) is 0. The van der Waals surface area contributed by atoms with Crippen LogP contribution in [0.25, 0.3) is 16.7 Å². The minimum atomic E-state index is -0.193. The number of fused-ring (bicyclic) bond motifs is 3. The number of nitrogens with one attached hydrogen (secondary N) is 1. The molecule has 35 heavy (non-hydrogen) atoms. The normalized spacial score (nSPS) is 10.9. The Hall–Kier alpha value is -4.42. The van der Waals surface area contributed by atoms with E-state index in [1.165, 1.54) is 11.8 Å². The molecule has 5 rings (SSSR count). The molecule has 1 N–H and O–H groups in total. The Kier molecular flexibility index (Phi) is 6.28. The van der Waals surface area contributed by atoms with Crippen molar-refractivity contribution < 1.29 is 4.79 Å². The number of benzene rings is 3. The number of carbonyl (C=O) groups excluding carboxylic acids is 1. The minimum Gasteiger partial charge on any atom is -0.325 e. The number of thioether (sulfide) groups is 1. The Morgan fingerprint density at radius 1 is 0.943 bits per heavy atom. The maximum atomic E-state index is 13.3. The van der Waals surface area contributed by atoms with Crippen LogP contribution >= 0.6 is 11.8 Å². The zero-order valence-corrected chi connectivity index (χ0v) is 19.4. The van der Waals surface area contributed by atoms with Crippen LogP contribution in [0.4, 0.5) is 5.69 Å². The molecule has 9 heteroatoms. The van der Waals surface area contributed by atoms with Crippen LogP contribution in [-0.2, 0) is 17.8 Å². The van der Waals surface area contributed by atoms with Crippen LogP contribution in [0.2, 0.25) is 0 Å². The third-order valence-electron chi connectivity index (χ3n) is 5.51. The van der Waals surface area contributed by atoms with Crippen LogP contribution in [-0.4, -0.2) is 30.8 Å². The highest BCUT2D eigenvalue weighted by atomic mass is 32.2. The molecule has 5 aromatic rings. The van der Waals surface area contributed by atoms with Gasteiger partial charge in [0.2, 0.25) is 11.7 Å². The summed E-state index contributed by atoms with van der Waals surface area (Å²) in [6.45, 7) is 0.360. The number of nitrogens with zero attached hydrogens (tertiary/aromatic N) is 5. The van der Waals surface area contributed by atoms with E-state index in [4.69, 9.17) is 5.26 Å². The lowest BCUT2D eigenvalue weighted by Gasteiger charge is -2.11. The molecule has 2 aromatic heterocycles. The molecule has 0 bridgehead atoms. The van der Waals surface area contributed by atoms with Gasteiger partial charge in [-0.1, -0.05) is 66.4 Å². The highest BCUT2D eigenvalue weighted by Crippen LogP contribution is 2.22. The molecule has 1 amide bonds. The summed E-state index contributed by atoms with van der Waals surface area (Å²) < 4.78 is 3.44. The fraction of sp³-hybridized carbons (Fsp3) is 0.115. The number of amides is 1. The van der Waals surface area contributed by atoms with Crippen molar-refractivity contribution in [3.63, 3.8) is 0 Å². The Bertz CT molecular complexity index is 1620. The number of hydrogen-bond acceptors (Lipinski definition) is 6. The van der Waals surface area contributed by atoms with Gasteiger partial charge in [0.1, 0.15) is 0 Å². The molecular weight excluding hydrogens is 460 g/mol. The minimum absolute atomic E-state index is 0.118. The molecule has 0 aliphatic heterocycles. The van der Waals surface area contributed by atoms with E-state index < -0.39 is 0 Å². The predicted molar refractivity (Wildman–Crippen MR) is 135 cm³/mol. The van der Waals surface area contributed by atoms with Gasteiger partial charge in [0.05, 0.1) is 35.7 Å². The van der Waals surface area contributed by atoms with Crippen molar-refractivity contribution in [1.29, 1.82) is 5.26 Å². The first-order valence-electron chi connectivity index (χ1n) is 10.9. The summed E-state index contributed by atoms with van der Waals surface area (Å²) in [4.78, 5) is 25.9. The average Bonchev–Trinajstić information content (AvgIpc) is 3.31. The number of hydrogen-bond donors (Lipinski definition) is 1. The van der Waals surface area contributed by atoms with E-state index in [1.54, 1.807) is 22.8 Å². The van der Waals surface area contributed by atoms with Gasteiger partial charge in [-0.05, 0) is 35.4 Å². The molecule has 0 radical (unpaired) electrons. The number of carbonyl (C=O) groups is 1. The van der Waals surface area contributed by atoms with Crippen molar-refractivity contribution >= 4 is 40.0 Å². The highest BCUT2D eigenvalue weighted by molar-refractivity contribution is 7.99. The second-order valence-corrected chi connectivity index (χ2v) is 8.82. The molecule has 0 aliphatic rings. The van der Waals surface area contributed by atoms with Crippen molar-refractivity contribution in [2.75, 3.05) is 11.1 Å². The lowest BCUT2D eigenvalue weighted by molar-refractivity contribution is -0.113. The highest BCUT2D eigenvalue weighted by Gasteiger charge is 2.18. The molecule has 0 unspecified atom stereocenters. The standard InChI is InChI=1S/C26H20N6O2S/c27-15-14-18-10-12-20(13-11-18)28-23(33)17-35-26-30-29-25-31(16-19-6-2-1-3-7-19)24(34)21-8-4-5-9-22(21)32(25)26/h1-13H,14,16-17H2,(H,28,33). The first-order chi connectivity index (χ1) is 17.1. The van der Waals surface area contributed by atoms with Crippen LogP contribution in [0, 0.1) is 11.3 Å². The van der Waals surface area contributed by atoms with Gasteiger partial charge in [0, 0.05) is 5.69 Å². The van der Waals surface area contributed by atoms with E-state index in [9.17, 15) is 9.59 Å². The second-order valence-electron chi connectivity index (χ2n) is 7.88. The quantitative estimate of drug-likeness (QED) is 0.354. The van der Waals surface area contributed by atoms with Crippen LogP contribution in [0.1, 0.15) is 11.1 Å². The Morgan fingerprint density at radius 3 is 2.46 bits per heavy atom. The number of rotatable bonds is 7. The van der Waals surface area contributed by atoms with Crippen molar-refractivity contribution in [3.05, 3.63) is 100 Å². The van der Waals surface area contributed by atoms with Gasteiger partial charge in [-0.25, -0.2) is 0 Å². The third kappa shape index (κ3) is 4.65. The lowest BCUT2D eigenvalue weighted by Crippen LogP contribution is -2.24. The molecule has 0 spiro atoms. The van der Waals surface area contributed by atoms with Gasteiger partial charge in [0.25, 0.3) is 5.56 Å². The lowest BCUT2D eigenvalue weighted by atomic mass is 10.1. The van der Waals surface area contributed by atoms with Gasteiger partial charge >= 0.3 is 0 Å². The maximum absolute atomic E-state index is 13.3. The fourth-order valence-electron chi connectivity index (χ4n) is 3.86. The van der Waals surface area contributed by atoms with Gasteiger partial charge < -0.3 is 5.32 Å². The number of aromatic nitrogens is 4. The molecular formula is C26H20N6O2S. The molecule has 0 saturated carbocycles. The number of nitriles is 1. The zero-order chi connectivity index (χ0) is 24.2. The summed E-state index contributed by atoms with van der Waals surface area (Å²) in [5.74, 6) is 0.350. The molecule has 2 heterocycles. The molecule has 0 aliphatic carbocycles. The second kappa shape index (κ2) is 9.83. The first kappa shape index (κ1) is 22.4.